The molecule has 0 aliphatic carbocycles. The van der Waals surface area contributed by atoms with Gasteiger partial charge < -0.3 is 0 Å². The van der Waals surface area contributed by atoms with Gasteiger partial charge in [0.1, 0.15) is 0 Å². The quantitative estimate of drug-likeness (QED) is 0.777. The second-order valence-corrected chi connectivity index (χ2v) is 4.58. The molecule has 2 nitrogen and oxygen atoms in total. The predicted molar refractivity (Wildman–Crippen MR) is 71.9 cm³/mol. The molecule has 0 amide bonds. The van der Waals surface area contributed by atoms with E-state index in [-0.39, 0.29) is 12.4 Å². The van der Waals surface area contributed by atoms with Crippen molar-refractivity contribution in [3.63, 3.8) is 0 Å². The van der Waals surface area contributed by atoms with Gasteiger partial charge in [-0.05, 0) is 24.8 Å². The van der Waals surface area contributed by atoms with E-state index in [0.29, 0.717) is 0 Å². The standard InChI is InChI=1S/C12H14N2S.ClH/c1-3-15-12-13-8-9-14(12)11-6-4-10(2)5-7-11;/h4-9H,3H2,1-2H3;1H. The topological polar surface area (TPSA) is 17.8 Å². The molecule has 1 aromatic carbocycles. The smallest absolute Gasteiger partial charge is 0.172 e. The van der Waals surface area contributed by atoms with Crippen LogP contribution in [0.4, 0.5) is 0 Å². The first-order valence-corrected chi connectivity index (χ1v) is 6.03. The number of rotatable bonds is 3. The van der Waals surface area contributed by atoms with E-state index >= 15 is 0 Å². The van der Waals surface area contributed by atoms with E-state index in [0.717, 1.165) is 10.9 Å². The number of halogens is 1. The van der Waals surface area contributed by atoms with Gasteiger partial charge in [-0.2, -0.15) is 0 Å². The van der Waals surface area contributed by atoms with Crippen molar-refractivity contribution in [3.05, 3.63) is 42.2 Å². The Morgan fingerprint density at radius 1 is 1.25 bits per heavy atom. The number of imidazole rings is 1. The lowest BCUT2D eigenvalue weighted by molar-refractivity contribution is 0.895. The van der Waals surface area contributed by atoms with Crippen LogP contribution in [-0.2, 0) is 0 Å². The lowest BCUT2D eigenvalue weighted by atomic mass is 10.2. The average molecular weight is 255 g/mol. The molecule has 0 unspecified atom stereocenters. The number of hydrogen-bond donors (Lipinski definition) is 0. The van der Waals surface area contributed by atoms with Gasteiger partial charge in [0.05, 0.1) is 0 Å². The van der Waals surface area contributed by atoms with E-state index in [1.165, 1.54) is 11.3 Å². The highest BCUT2D eigenvalue weighted by Gasteiger charge is 2.03. The van der Waals surface area contributed by atoms with Crippen LogP contribution in [0.25, 0.3) is 5.69 Å². The van der Waals surface area contributed by atoms with Gasteiger partial charge in [-0.15, -0.1) is 12.4 Å². The van der Waals surface area contributed by atoms with Gasteiger partial charge in [-0.3, -0.25) is 4.57 Å². The Morgan fingerprint density at radius 3 is 2.56 bits per heavy atom. The van der Waals surface area contributed by atoms with Crippen molar-refractivity contribution in [2.24, 2.45) is 0 Å². The summed E-state index contributed by atoms with van der Waals surface area (Å²) in [4.78, 5) is 4.33. The van der Waals surface area contributed by atoms with Crippen LogP contribution in [0.1, 0.15) is 12.5 Å². The number of thioether (sulfide) groups is 1. The van der Waals surface area contributed by atoms with Crippen LogP contribution in [0.5, 0.6) is 0 Å². The molecule has 0 saturated heterocycles. The minimum Gasteiger partial charge on any atom is -0.295 e. The van der Waals surface area contributed by atoms with E-state index in [9.17, 15) is 0 Å². The van der Waals surface area contributed by atoms with Crippen LogP contribution in [0.3, 0.4) is 0 Å². The number of hydrogen-bond acceptors (Lipinski definition) is 2. The molecule has 0 N–H and O–H groups in total. The summed E-state index contributed by atoms with van der Waals surface area (Å²) in [7, 11) is 0. The number of nitrogens with zero attached hydrogens (tertiary/aromatic N) is 2. The summed E-state index contributed by atoms with van der Waals surface area (Å²) in [5, 5.41) is 1.06. The van der Waals surface area contributed by atoms with Crippen molar-refractivity contribution < 1.29 is 0 Å². The molecule has 0 aliphatic heterocycles. The van der Waals surface area contributed by atoms with Gasteiger partial charge in [0.2, 0.25) is 0 Å². The first-order chi connectivity index (χ1) is 7.31. The second-order valence-electron chi connectivity index (χ2n) is 3.35. The monoisotopic (exact) mass is 254 g/mol. The maximum absolute atomic E-state index is 4.33. The molecule has 0 atom stereocenters. The number of aryl methyl sites for hydroxylation is 1. The molecule has 2 rings (SSSR count). The Labute approximate surface area is 106 Å². The summed E-state index contributed by atoms with van der Waals surface area (Å²) < 4.78 is 2.12. The normalized spacial score (nSPS) is 9.88. The Hall–Kier alpha value is -0.930. The van der Waals surface area contributed by atoms with Gasteiger partial charge in [-0.1, -0.05) is 36.4 Å². The van der Waals surface area contributed by atoms with E-state index < -0.39 is 0 Å². The van der Waals surface area contributed by atoms with E-state index in [1.54, 1.807) is 11.8 Å². The minimum absolute atomic E-state index is 0. The average Bonchev–Trinajstić information content (AvgIpc) is 2.68. The Balaban J connectivity index is 0.00000128. The third-order valence-corrected chi connectivity index (χ3v) is 3.04. The van der Waals surface area contributed by atoms with Gasteiger partial charge in [0.15, 0.2) is 5.16 Å². The highest BCUT2D eigenvalue weighted by atomic mass is 35.5. The summed E-state index contributed by atoms with van der Waals surface area (Å²) in [6.45, 7) is 4.23. The molecule has 0 bridgehead atoms. The van der Waals surface area contributed by atoms with E-state index in [4.69, 9.17) is 0 Å². The fourth-order valence-electron chi connectivity index (χ4n) is 1.43. The molecule has 0 spiro atoms. The number of aromatic nitrogens is 2. The van der Waals surface area contributed by atoms with Crippen LogP contribution in [0.2, 0.25) is 0 Å². The zero-order chi connectivity index (χ0) is 10.7. The van der Waals surface area contributed by atoms with Crippen LogP contribution in [0, 0.1) is 6.92 Å². The van der Waals surface area contributed by atoms with Crippen molar-refractivity contribution >= 4 is 24.2 Å². The van der Waals surface area contributed by atoms with E-state index in [1.807, 2.05) is 12.4 Å². The molecule has 16 heavy (non-hydrogen) atoms. The third kappa shape index (κ3) is 2.80. The molecule has 1 heterocycles. The molecule has 4 heteroatoms. The Bertz CT molecular complexity index is 437. The van der Waals surface area contributed by atoms with Gasteiger partial charge in [0, 0.05) is 18.1 Å². The molecular weight excluding hydrogens is 240 g/mol. The fraction of sp³-hybridized carbons (Fsp3) is 0.250. The van der Waals surface area contributed by atoms with Crippen molar-refractivity contribution in [3.8, 4) is 5.69 Å². The maximum atomic E-state index is 4.33. The highest BCUT2D eigenvalue weighted by Crippen LogP contribution is 2.19. The molecule has 86 valence electrons. The van der Waals surface area contributed by atoms with Gasteiger partial charge >= 0.3 is 0 Å². The van der Waals surface area contributed by atoms with Crippen LogP contribution in [-0.4, -0.2) is 15.3 Å². The highest BCUT2D eigenvalue weighted by molar-refractivity contribution is 7.99. The van der Waals surface area contributed by atoms with Crippen LogP contribution in [0.15, 0.2) is 41.8 Å². The minimum atomic E-state index is 0. The predicted octanol–water partition coefficient (Wildman–Crippen LogP) is 3.71. The summed E-state index contributed by atoms with van der Waals surface area (Å²) in [6.07, 6.45) is 3.85. The van der Waals surface area contributed by atoms with Crippen molar-refractivity contribution in [2.45, 2.75) is 19.0 Å². The third-order valence-electron chi connectivity index (χ3n) is 2.19. The van der Waals surface area contributed by atoms with Crippen molar-refractivity contribution in [2.75, 3.05) is 5.75 Å². The lowest BCUT2D eigenvalue weighted by Gasteiger charge is -2.06. The second kappa shape index (κ2) is 5.97. The summed E-state index contributed by atoms with van der Waals surface area (Å²) >= 11 is 1.76. The number of benzene rings is 1. The van der Waals surface area contributed by atoms with Crippen molar-refractivity contribution in [1.29, 1.82) is 0 Å². The Morgan fingerprint density at radius 2 is 1.94 bits per heavy atom. The molecule has 0 aliphatic rings. The lowest BCUT2D eigenvalue weighted by Crippen LogP contribution is -1.94. The Kier molecular flexibility index (Phi) is 4.90. The summed E-state index contributed by atoms with van der Waals surface area (Å²) in [5.74, 6) is 1.04. The molecule has 0 fully saturated rings. The molecule has 2 aromatic rings. The molecule has 1 aromatic heterocycles. The summed E-state index contributed by atoms with van der Waals surface area (Å²) in [5.41, 5.74) is 2.46. The van der Waals surface area contributed by atoms with E-state index in [2.05, 4.69) is 47.7 Å². The first kappa shape index (κ1) is 13.1. The fourth-order valence-corrected chi connectivity index (χ4v) is 2.13. The molecule has 0 saturated carbocycles. The molecular formula is C12H15ClN2S. The first-order valence-electron chi connectivity index (χ1n) is 5.04. The van der Waals surface area contributed by atoms with Crippen LogP contribution < -0.4 is 0 Å². The zero-order valence-electron chi connectivity index (χ0n) is 9.38. The van der Waals surface area contributed by atoms with Crippen LogP contribution >= 0.6 is 24.2 Å². The molecule has 0 radical (unpaired) electrons. The van der Waals surface area contributed by atoms with Crippen molar-refractivity contribution in [1.82, 2.24) is 9.55 Å². The largest absolute Gasteiger partial charge is 0.295 e. The zero-order valence-corrected chi connectivity index (χ0v) is 11.0. The maximum Gasteiger partial charge on any atom is 0.172 e. The van der Waals surface area contributed by atoms with Gasteiger partial charge in [-0.25, -0.2) is 4.98 Å². The summed E-state index contributed by atoms with van der Waals surface area (Å²) in [6, 6.07) is 8.49. The SMILES string of the molecule is CCSc1nccn1-c1ccc(C)cc1.Cl. The van der Waals surface area contributed by atoms with Gasteiger partial charge in [0.25, 0.3) is 0 Å².